The van der Waals surface area contributed by atoms with E-state index in [1.54, 1.807) is 0 Å². The van der Waals surface area contributed by atoms with Crippen molar-refractivity contribution in [3.8, 4) is 0 Å². The molecule has 0 spiro atoms. The highest BCUT2D eigenvalue weighted by atomic mass is 16.5. The maximum absolute atomic E-state index is 12.2. The van der Waals surface area contributed by atoms with E-state index in [0.717, 1.165) is 31.2 Å². The Morgan fingerprint density at radius 1 is 1.07 bits per heavy atom. The fraction of sp³-hybridized carbons (Fsp3) is 0.550. The Balaban J connectivity index is 2.35. The lowest BCUT2D eigenvalue weighted by molar-refractivity contribution is -0.127. The summed E-state index contributed by atoms with van der Waals surface area (Å²) in [6.07, 6.45) is 4.91. The summed E-state index contributed by atoms with van der Waals surface area (Å²) >= 11 is 0. The third kappa shape index (κ3) is 10.9. The molecule has 7 nitrogen and oxygen atoms in total. The smallest absolute Gasteiger partial charge is 0.407 e. The van der Waals surface area contributed by atoms with Gasteiger partial charge >= 0.3 is 6.09 Å². The molecule has 0 unspecified atom stereocenters. The Bertz CT molecular complexity index is 578. The highest BCUT2D eigenvalue weighted by molar-refractivity contribution is 5.90. The molecule has 0 aliphatic rings. The zero-order chi connectivity index (χ0) is 19.9. The predicted molar refractivity (Wildman–Crippen MR) is 104 cm³/mol. The lowest BCUT2D eigenvalue weighted by Gasteiger charge is -2.17. The van der Waals surface area contributed by atoms with Crippen molar-refractivity contribution in [3.05, 3.63) is 35.9 Å². The third-order valence-corrected chi connectivity index (χ3v) is 4.06. The quantitative estimate of drug-likeness (QED) is 0.458. The van der Waals surface area contributed by atoms with Crippen LogP contribution in [0.25, 0.3) is 0 Å². The molecule has 1 aromatic carbocycles. The molecule has 0 aliphatic carbocycles. The van der Waals surface area contributed by atoms with Crippen molar-refractivity contribution < 1.29 is 19.1 Å². The Hall–Kier alpha value is -2.57. The zero-order valence-corrected chi connectivity index (χ0v) is 16.0. The first-order chi connectivity index (χ1) is 13.0. The van der Waals surface area contributed by atoms with E-state index in [1.807, 2.05) is 30.3 Å². The molecule has 150 valence electrons. The Morgan fingerprint density at radius 3 is 2.44 bits per heavy atom. The normalized spacial score (nSPS) is 11.4. The van der Waals surface area contributed by atoms with Crippen molar-refractivity contribution in [3.63, 3.8) is 0 Å². The van der Waals surface area contributed by atoms with Gasteiger partial charge in [0.05, 0.1) is 13.0 Å². The van der Waals surface area contributed by atoms with E-state index in [1.165, 1.54) is 6.42 Å². The fourth-order valence-corrected chi connectivity index (χ4v) is 2.56. The van der Waals surface area contributed by atoms with Gasteiger partial charge in [-0.15, -0.1) is 0 Å². The van der Waals surface area contributed by atoms with Crippen LogP contribution in [0.5, 0.6) is 0 Å². The van der Waals surface area contributed by atoms with Crippen LogP contribution in [0.15, 0.2) is 30.3 Å². The van der Waals surface area contributed by atoms with Gasteiger partial charge in [-0.3, -0.25) is 9.59 Å². The molecule has 0 fully saturated rings. The topological polar surface area (TPSA) is 111 Å². The largest absolute Gasteiger partial charge is 0.449 e. The third-order valence-electron chi connectivity index (χ3n) is 4.06. The summed E-state index contributed by atoms with van der Waals surface area (Å²) < 4.78 is 5.10. The number of nitrogens with one attached hydrogen (secondary N) is 2. The molecule has 27 heavy (non-hydrogen) atoms. The van der Waals surface area contributed by atoms with Crippen molar-refractivity contribution in [2.24, 2.45) is 5.73 Å². The summed E-state index contributed by atoms with van der Waals surface area (Å²) in [7, 11) is 0. The molecule has 0 saturated carbocycles. The number of nitrogens with two attached hydrogens (primary N) is 1. The number of primary amides is 1. The van der Waals surface area contributed by atoms with E-state index < -0.39 is 23.9 Å². The molecule has 4 N–H and O–H groups in total. The number of unbranched alkanes of at least 4 members (excludes halogenated alkanes) is 4. The standard InChI is InChI=1S/C20H31N3O4/c1-2-3-4-5-9-13-22-19(25)17(15-18(21)24)23-20(26)27-14-12-16-10-7-6-8-11-16/h6-8,10-11,17H,2-5,9,12-15H2,1H3,(H2,21,24)(H,22,25)(H,23,26)/t17-/m0/s1. The molecule has 0 saturated heterocycles. The summed E-state index contributed by atoms with van der Waals surface area (Å²) in [5, 5.41) is 5.16. The van der Waals surface area contributed by atoms with Crippen molar-refractivity contribution >= 4 is 17.9 Å². The van der Waals surface area contributed by atoms with Gasteiger partial charge in [-0.1, -0.05) is 62.9 Å². The minimum absolute atomic E-state index is 0.179. The van der Waals surface area contributed by atoms with Crippen molar-refractivity contribution in [2.75, 3.05) is 13.2 Å². The number of rotatable bonds is 13. The van der Waals surface area contributed by atoms with Crippen molar-refractivity contribution in [2.45, 2.75) is 57.9 Å². The SMILES string of the molecule is CCCCCCCNC(=O)[C@H](CC(N)=O)NC(=O)OCCc1ccccc1. The van der Waals surface area contributed by atoms with Crippen LogP contribution in [-0.4, -0.2) is 37.1 Å². The second-order valence-electron chi connectivity index (χ2n) is 6.44. The average Bonchev–Trinajstić information content (AvgIpc) is 2.64. The number of carbonyl (C=O) groups is 3. The van der Waals surface area contributed by atoms with E-state index >= 15 is 0 Å². The minimum Gasteiger partial charge on any atom is -0.449 e. The maximum Gasteiger partial charge on any atom is 0.407 e. The Labute approximate surface area is 161 Å². The number of alkyl carbamates (subject to hydrolysis) is 1. The average molecular weight is 377 g/mol. The molecule has 0 aromatic heterocycles. The van der Waals surface area contributed by atoms with E-state index in [0.29, 0.717) is 13.0 Å². The van der Waals surface area contributed by atoms with Crippen molar-refractivity contribution in [1.82, 2.24) is 10.6 Å². The van der Waals surface area contributed by atoms with Gasteiger partial charge in [0.2, 0.25) is 11.8 Å². The molecule has 0 heterocycles. The molecule has 1 aromatic rings. The van der Waals surface area contributed by atoms with Gasteiger partial charge in [0.15, 0.2) is 0 Å². The Kier molecular flexibility index (Phi) is 11.3. The molecular formula is C20H31N3O4. The fourth-order valence-electron chi connectivity index (χ4n) is 2.56. The van der Waals surface area contributed by atoms with Gasteiger partial charge in [0, 0.05) is 13.0 Å². The highest BCUT2D eigenvalue weighted by Crippen LogP contribution is 2.02. The number of amides is 3. The van der Waals surface area contributed by atoms with Crippen LogP contribution < -0.4 is 16.4 Å². The summed E-state index contributed by atoms with van der Waals surface area (Å²) in [6.45, 7) is 2.82. The first kappa shape index (κ1) is 22.5. The molecule has 7 heteroatoms. The van der Waals surface area contributed by atoms with Gasteiger partial charge < -0.3 is 21.1 Å². The van der Waals surface area contributed by atoms with Gasteiger partial charge in [0.1, 0.15) is 6.04 Å². The number of carbonyl (C=O) groups excluding carboxylic acids is 3. The monoisotopic (exact) mass is 377 g/mol. The molecule has 0 bridgehead atoms. The molecule has 0 aliphatic heterocycles. The van der Waals surface area contributed by atoms with Crippen LogP contribution in [-0.2, 0) is 20.7 Å². The lowest BCUT2D eigenvalue weighted by Crippen LogP contribution is -2.49. The van der Waals surface area contributed by atoms with Crippen LogP contribution in [0.1, 0.15) is 51.0 Å². The first-order valence-corrected chi connectivity index (χ1v) is 9.56. The molecular weight excluding hydrogens is 346 g/mol. The lowest BCUT2D eigenvalue weighted by atomic mass is 10.1. The number of benzene rings is 1. The van der Waals surface area contributed by atoms with Crippen LogP contribution in [0.4, 0.5) is 4.79 Å². The summed E-state index contributed by atoms with van der Waals surface area (Å²) in [5.74, 6) is -1.09. The number of hydrogen-bond acceptors (Lipinski definition) is 4. The van der Waals surface area contributed by atoms with Gasteiger partial charge in [-0.05, 0) is 12.0 Å². The molecule has 1 atom stereocenters. The van der Waals surface area contributed by atoms with Crippen LogP contribution in [0.3, 0.4) is 0 Å². The molecule has 0 radical (unpaired) electrons. The van der Waals surface area contributed by atoms with Gasteiger partial charge in [-0.25, -0.2) is 4.79 Å². The number of hydrogen-bond donors (Lipinski definition) is 3. The summed E-state index contributed by atoms with van der Waals surface area (Å²) in [4.78, 5) is 35.3. The second kappa shape index (κ2) is 13.6. The van der Waals surface area contributed by atoms with E-state index in [4.69, 9.17) is 10.5 Å². The van der Waals surface area contributed by atoms with Crippen LogP contribution in [0, 0.1) is 0 Å². The number of ether oxygens (including phenoxy) is 1. The highest BCUT2D eigenvalue weighted by Gasteiger charge is 2.23. The molecule has 1 rings (SSSR count). The van der Waals surface area contributed by atoms with Crippen LogP contribution >= 0.6 is 0 Å². The van der Waals surface area contributed by atoms with E-state index in [9.17, 15) is 14.4 Å². The van der Waals surface area contributed by atoms with Crippen LogP contribution in [0.2, 0.25) is 0 Å². The zero-order valence-electron chi connectivity index (χ0n) is 16.0. The summed E-state index contributed by atoms with van der Waals surface area (Å²) in [5.41, 5.74) is 6.22. The van der Waals surface area contributed by atoms with E-state index in [-0.39, 0.29) is 13.0 Å². The second-order valence-corrected chi connectivity index (χ2v) is 6.44. The Morgan fingerprint density at radius 2 is 1.78 bits per heavy atom. The minimum atomic E-state index is -1.03. The summed E-state index contributed by atoms with van der Waals surface area (Å²) in [6, 6.07) is 8.57. The maximum atomic E-state index is 12.2. The molecule has 3 amide bonds. The predicted octanol–water partition coefficient (Wildman–Crippen LogP) is 2.29. The first-order valence-electron chi connectivity index (χ1n) is 9.56. The van der Waals surface area contributed by atoms with Crippen molar-refractivity contribution in [1.29, 1.82) is 0 Å². The van der Waals surface area contributed by atoms with E-state index in [2.05, 4.69) is 17.6 Å². The van der Waals surface area contributed by atoms with Gasteiger partial charge in [0.25, 0.3) is 0 Å². The van der Waals surface area contributed by atoms with Gasteiger partial charge in [-0.2, -0.15) is 0 Å².